The molecule has 13 nitrogen and oxygen atoms in total. The summed E-state index contributed by atoms with van der Waals surface area (Å²) >= 11 is 6.45. The number of nitrogens with two attached hydrogens (primary N) is 1. The van der Waals surface area contributed by atoms with Crippen LogP contribution in [0.2, 0.25) is 5.02 Å². The van der Waals surface area contributed by atoms with Crippen LogP contribution in [-0.4, -0.2) is 59.5 Å². The van der Waals surface area contributed by atoms with Crippen molar-refractivity contribution in [3.05, 3.63) is 86.9 Å². The molecule has 0 spiro atoms. The van der Waals surface area contributed by atoms with Crippen molar-refractivity contribution in [2.45, 2.75) is 38.6 Å². The number of thiol groups is 1. The van der Waals surface area contributed by atoms with E-state index in [1.165, 1.54) is 23.6 Å². The first kappa shape index (κ1) is 32.3. The van der Waals surface area contributed by atoms with Crippen molar-refractivity contribution >= 4 is 61.7 Å². The number of H-pyrrole nitrogens is 1. The number of aromatic amines is 1. The highest BCUT2D eigenvalue weighted by atomic mass is 35.5. The molecule has 3 atom stereocenters. The number of morpholine rings is 1. The molecule has 0 bridgehead atoms. The molecule has 1 fully saturated rings. The number of fused-ring (bicyclic) bond motifs is 2. The fourth-order valence-electron chi connectivity index (χ4n) is 5.90. The van der Waals surface area contributed by atoms with E-state index < -0.39 is 46.3 Å². The minimum atomic E-state index is -3.11. The maximum Gasteiger partial charge on any atom is 0.266 e. The van der Waals surface area contributed by atoms with Gasteiger partial charge in [0.05, 0.1) is 51.2 Å². The number of hydrogen-bond acceptors (Lipinski definition) is 9. The van der Waals surface area contributed by atoms with Crippen molar-refractivity contribution in [1.29, 1.82) is 0 Å². The molecule has 6 rings (SSSR count). The number of rotatable bonds is 8. The Morgan fingerprint density at radius 3 is 2.60 bits per heavy atom. The molecule has 0 saturated carbocycles. The van der Waals surface area contributed by atoms with Crippen LogP contribution in [0.5, 0.6) is 0 Å². The molecule has 0 unspecified atom stereocenters. The molecule has 0 radical (unpaired) electrons. The topological polar surface area (TPSA) is 177 Å². The van der Waals surface area contributed by atoms with E-state index in [9.17, 15) is 26.8 Å². The summed E-state index contributed by atoms with van der Waals surface area (Å²) in [5, 5.41) is 10.1. The molecule has 1 aliphatic heterocycles. The van der Waals surface area contributed by atoms with Crippen LogP contribution in [0.15, 0.2) is 53.3 Å². The highest BCUT2D eigenvalue weighted by Crippen LogP contribution is 2.34. The predicted octanol–water partition coefficient (Wildman–Crippen LogP) is 3.06. The first-order valence-corrected chi connectivity index (χ1v) is 16.0. The van der Waals surface area contributed by atoms with Gasteiger partial charge in [-0.2, -0.15) is 5.10 Å². The van der Waals surface area contributed by atoms with E-state index in [0.717, 1.165) is 23.9 Å². The number of anilines is 2. The highest BCUT2D eigenvalue weighted by molar-refractivity contribution is 7.73. The number of carbonyl (C=O) groups excluding carboxylic acids is 1. The summed E-state index contributed by atoms with van der Waals surface area (Å²) in [6, 6.07) is 9.98. The van der Waals surface area contributed by atoms with Crippen LogP contribution in [0.25, 0.3) is 27.5 Å². The Bertz CT molecular complexity index is 2140. The van der Waals surface area contributed by atoms with E-state index in [1.54, 1.807) is 18.2 Å². The van der Waals surface area contributed by atoms with Gasteiger partial charge in [-0.3, -0.25) is 24.0 Å². The lowest BCUT2D eigenvalue weighted by Gasteiger charge is -2.36. The van der Waals surface area contributed by atoms with Crippen molar-refractivity contribution < 1.29 is 26.7 Å². The Labute approximate surface area is 272 Å². The fraction of sp³-hybridized carbons (Fsp3) is 0.267. The smallest absolute Gasteiger partial charge is 0.266 e. The highest BCUT2D eigenvalue weighted by Gasteiger charge is 2.27. The Kier molecular flexibility index (Phi) is 8.84. The quantitative estimate of drug-likeness (QED) is 0.154. The minimum Gasteiger partial charge on any atom is -0.365 e. The van der Waals surface area contributed by atoms with Crippen molar-refractivity contribution in [2.75, 3.05) is 22.7 Å². The molecule has 17 heteroatoms. The van der Waals surface area contributed by atoms with Crippen LogP contribution in [0.4, 0.5) is 20.3 Å². The van der Waals surface area contributed by atoms with Crippen molar-refractivity contribution in [3.8, 4) is 5.69 Å². The van der Waals surface area contributed by atoms with E-state index in [0.29, 0.717) is 13.1 Å². The summed E-state index contributed by atoms with van der Waals surface area (Å²) < 4.78 is 60.6. The summed E-state index contributed by atoms with van der Waals surface area (Å²) in [5.41, 5.74) is 7.11. The van der Waals surface area contributed by atoms with Gasteiger partial charge >= 0.3 is 0 Å². The summed E-state index contributed by atoms with van der Waals surface area (Å²) in [6.07, 6.45) is -0.824. The van der Waals surface area contributed by atoms with Crippen LogP contribution in [-0.2, 0) is 26.8 Å². The molecule has 1 amide bonds. The number of hydrogen-bond donors (Lipinski definition) is 5. The largest absolute Gasteiger partial charge is 0.365 e. The summed E-state index contributed by atoms with van der Waals surface area (Å²) in [7, 11) is -3.11. The van der Waals surface area contributed by atoms with Crippen LogP contribution in [0, 0.1) is 11.6 Å². The van der Waals surface area contributed by atoms with Gasteiger partial charge in [-0.05, 0) is 55.0 Å². The second kappa shape index (κ2) is 12.9. The maximum absolute atomic E-state index is 14.5. The molecular weight excluding hydrogens is 658 g/mol. The van der Waals surface area contributed by atoms with Gasteiger partial charge in [-0.1, -0.05) is 11.6 Å². The summed E-state index contributed by atoms with van der Waals surface area (Å²) in [4.78, 5) is 33.9. The van der Waals surface area contributed by atoms with Crippen LogP contribution in [0.3, 0.4) is 0 Å². The molecule has 3 aromatic carbocycles. The Morgan fingerprint density at radius 1 is 1.17 bits per heavy atom. The second-order valence-corrected chi connectivity index (χ2v) is 12.3. The number of benzene rings is 3. The fourth-order valence-corrected chi connectivity index (χ4v) is 6.48. The average Bonchev–Trinajstić information content (AvgIpc) is 3.40. The van der Waals surface area contributed by atoms with Crippen LogP contribution < -0.4 is 26.2 Å². The molecule has 3 heterocycles. The lowest BCUT2D eigenvalue weighted by atomic mass is 10.0. The van der Waals surface area contributed by atoms with Crippen molar-refractivity contribution in [1.82, 2.24) is 25.1 Å². The third-order valence-electron chi connectivity index (χ3n) is 7.67. The number of carbonyl (C=O) groups is 1. The van der Waals surface area contributed by atoms with E-state index in [1.807, 2.05) is 11.8 Å². The summed E-state index contributed by atoms with van der Waals surface area (Å²) in [5.74, 6) is -2.20. The summed E-state index contributed by atoms with van der Waals surface area (Å²) in [6.45, 7) is 4.10. The van der Waals surface area contributed by atoms with E-state index >= 15 is 0 Å². The zero-order valence-corrected chi connectivity index (χ0v) is 26.6. The Morgan fingerprint density at radius 2 is 1.91 bits per heavy atom. The number of halogens is 3. The van der Waals surface area contributed by atoms with Gasteiger partial charge in [-0.25, -0.2) is 22.2 Å². The van der Waals surface area contributed by atoms with Gasteiger partial charge in [0.25, 0.3) is 5.56 Å². The number of nitrogens with zero attached hydrogens (tertiary/aromatic N) is 4. The average molecular weight is 687 g/mol. The number of nitrogens with one attached hydrogen (secondary N) is 3. The minimum absolute atomic E-state index is 0.0224. The van der Waals surface area contributed by atoms with Gasteiger partial charge < -0.3 is 20.7 Å². The predicted molar refractivity (Wildman–Crippen MR) is 173 cm³/mol. The normalized spacial score (nSPS) is 17.4. The van der Waals surface area contributed by atoms with E-state index in [2.05, 4.69) is 20.2 Å². The molecule has 1 aliphatic rings. The molecule has 5 aromatic rings. The molecule has 2 aromatic heterocycles. The number of amides is 1. The monoisotopic (exact) mass is 686 g/mol. The lowest BCUT2D eigenvalue weighted by Crippen LogP contribution is -2.50. The first-order valence-electron chi connectivity index (χ1n) is 14.4. The van der Waals surface area contributed by atoms with Gasteiger partial charge in [-0.15, -0.1) is 0 Å². The first-order chi connectivity index (χ1) is 22.4. The van der Waals surface area contributed by atoms with Gasteiger partial charge in [0.1, 0.15) is 23.7 Å². The second-order valence-electron chi connectivity index (χ2n) is 11.2. The molecule has 1 saturated heterocycles. The van der Waals surface area contributed by atoms with Crippen molar-refractivity contribution in [2.24, 2.45) is 5.73 Å². The standard InChI is InChI=1S/C30H29ClF2N8O5S/c1-14-12-40(13-25(34)46-14)19-3-4-20-22(11-19)36-29(23(35-15(2)42)9-16-7-17(32)10-18(33)8-16)41(30(20)43)24-6-5-21(31)26-27(24)37-38-28(26)39-47(44)45/h3-8,10-11,14,23,25,47H,9,12-13,34H2,1-2H3,(H,35,42)(H2,37,38,39,44,45)/t14-,23-,25-/m0/s1. The number of ether oxygens (including phenoxy) is 1. The molecular formula is C30H29ClF2N8O5S. The molecule has 47 heavy (non-hydrogen) atoms. The zero-order chi connectivity index (χ0) is 33.6. The molecule has 5 N–H and O–H groups in total. The third kappa shape index (κ3) is 6.62. The van der Waals surface area contributed by atoms with Crippen LogP contribution >= 0.6 is 11.6 Å². The van der Waals surface area contributed by atoms with Gasteiger partial charge in [0, 0.05) is 31.6 Å². The van der Waals surface area contributed by atoms with Gasteiger partial charge in [0.2, 0.25) is 16.8 Å². The molecule has 246 valence electrons. The Balaban J connectivity index is 1.61. The van der Waals surface area contributed by atoms with Gasteiger partial charge in [0.15, 0.2) is 5.82 Å². The molecule has 0 aliphatic carbocycles. The van der Waals surface area contributed by atoms with E-state index in [4.69, 9.17) is 27.1 Å². The maximum atomic E-state index is 14.5. The zero-order valence-electron chi connectivity index (χ0n) is 25.0. The Hall–Kier alpha value is -4.64. The SMILES string of the molecule is CC(=O)N[C@@H](Cc1cc(F)cc(F)c1)c1nc2cc(N3C[C@@H](N)O[C@@H](C)C3)ccc2c(=O)n1-c1ccc(Cl)c2c(N[SH](=O)=O)n[nH]c12. The van der Waals surface area contributed by atoms with Crippen LogP contribution in [0.1, 0.15) is 31.3 Å². The van der Waals surface area contributed by atoms with Crippen molar-refractivity contribution in [3.63, 3.8) is 0 Å². The lowest BCUT2D eigenvalue weighted by molar-refractivity contribution is -0.119. The third-order valence-corrected chi connectivity index (χ3v) is 8.38. The van der Waals surface area contributed by atoms with E-state index in [-0.39, 0.29) is 62.2 Å². The number of aromatic nitrogens is 4.